The van der Waals surface area contributed by atoms with Crippen LogP contribution >= 0.6 is 0 Å². The van der Waals surface area contributed by atoms with Crippen molar-refractivity contribution in [2.24, 2.45) is 5.41 Å². The molecule has 1 aliphatic carbocycles. The zero-order valence-corrected chi connectivity index (χ0v) is 13.2. The van der Waals surface area contributed by atoms with Crippen molar-refractivity contribution >= 4 is 6.08 Å². The van der Waals surface area contributed by atoms with Crippen molar-refractivity contribution in [1.29, 1.82) is 0 Å². The fourth-order valence-corrected chi connectivity index (χ4v) is 3.09. The molecule has 0 N–H and O–H groups in total. The summed E-state index contributed by atoms with van der Waals surface area (Å²) < 4.78 is 0. The number of hydrogen-bond acceptors (Lipinski definition) is 0. The van der Waals surface area contributed by atoms with Crippen molar-refractivity contribution < 1.29 is 0 Å². The van der Waals surface area contributed by atoms with E-state index >= 15 is 0 Å². The first-order chi connectivity index (χ1) is 9.49. The minimum atomic E-state index is 0.325. The van der Waals surface area contributed by atoms with E-state index in [1.807, 2.05) is 0 Å². The lowest BCUT2D eigenvalue weighted by molar-refractivity contribution is 0.377. The van der Waals surface area contributed by atoms with Crippen LogP contribution in [-0.4, -0.2) is 0 Å². The third-order valence-electron chi connectivity index (χ3n) is 4.25. The van der Waals surface area contributed by atoms with Gasteiger partial charge < -0.3 is 0 Å². The molecule has 0 amide bonds. The minimum Gasteiger partial charge on any atom is -0.0696 e. The van der Waals surface area contributed by atoms with E-state index < -0.39 is 0 Å². The molecule has 20 heavy (non-hydrogen) atoms. The van der Waals surface area contributed by atoms with Gasteiger partial charge in [-0.1, -0.05) is 73.6 Å². The lowest BCUT2D eigenvalue weighted by Crippen LogP contribution is -2.19. The Kier molecular flexibility index (Phi) is 4.65. The lowest BCUT2D eigenvalue weighted by Gasteiger charge is -2.32. The quantitative estimate of drug-likeness (QED) is 0.574. The standard InChI is InChI=1S/C20H26/c1-16(15-18-10-6-5-7-11-18)12-13-19-17(2)9-8-14-20(19,3)4/h5-7,10-13,15H,8-9,14H2,1-4H3. The topological polar surface area (TPSA) is 0 Å². The van der Waals surface area contributed by atoms with Crippen molar-refractivity contribution in [2.75, 3.05) is 0 Å². The third-order valence-corrected chi connectivity index (χ3v) is 4.25. The maximum Gasteiger partial charge on any atom is -0.0104 e. The van der Waals surface area contributed by atoms with Gasteiger partial charge in [-0.05, 0) is 49.7 Å². The number of hydrogen-bond donors (Lipinski definition) is 0. The Balaban J connectivity index is 2.18. The van der Waals surface area contributed by atoms with Crippen LogP contribution in [0.15, 0.2) is 59.2 Å². The summed E-state index contributed by atoms with van der Waals surface area (Å²) in [6.07, 6.45) is 10.7. The van der Waals surface area contributed by atoms with E-state index in [0.717, 1.165) is 0 Å². The highest BCUT2D eigenvalue weighted by Gasteiger charge is 2.26. The van der Waals surface area contributed by atoms with Crippen LogP contribution in [0.1, 0.15) is 52.5 Å². The molecule has 0 saturated heterocycles. The van der Waals surface area contributed by atoms with Crippen molar-refractivity contribution in [3.8, 4) is 0 Å². The number of benzene rings is 1. The molecule has 0 aliphatic heterocycles. The zero-order valence-electron chi connectivity index (χ0n) is 13.2. The normalized spacial score (nSPS) is 19.7. The van der Waals surface area contributed by atoms with E-state index in [-0.39, 0.29) is 0 Å². The molecule has 1 aromatic carbocycles. The molecule has 0 heterocycles. The highest BCUT2D eigenvalue weighted by Crippen LogP contribution is 2.40. The van der Waals surface area contributed by atoms with Gasteiger partial charge in [0.05, 0.1) is 0 Å². The molecule has 2 rings (SSSR count). The molecule has 0 saturated carbocycles. The van der Waals surface area contributed by atoms with Gasteiger partial charge in [0.1, 0.15) is 0 Å². The summed E-state index contributed by atoms with van der Waals surface area (Å²) in [6.45, 7) is 9.20. The van der Waals surface area contributed by atoms with Crippen LogP contribution in [0.2, 0.25) is 0 Å². The second kappa shape index (κ2) is 6.26. The first-order valence-electron chi connectivity index (χ1n) is 7.61. The maximum absolute atomic E-state index is 2.37. The Morgan fingerprint density at radius 1 is 1.15 bits per heavy atom. The van der Waals surface area contributed by atoms with Gasteiger partial charge in [0, 0.05) is 0 Å². The van der Waals surface area contributed by atoms with Gasteiger partial charge in [-0.15, -0.1) is 0 Å². The first-order valence-corrected chi connectivity index (χ1v) is 7.61. The van der Waals surface area contributed by atoms with Gasteiger partial charge in [0.2, 0.25) is 0 Å². The molecule has 106 valence electrons. The highest BCUT2D eigenvalue weighted by molar-refractivity contribution is 5.55. The molecule has 0 fully saturated rings. The summed E-state index contributed by atoms with van der Waals surface area (Å²) in [5, 5.41) is 0. The average Bonchev–Trinajstić information content (AvgIpc) is 2.38. The van der Waals surface area contributed by atoms with E-state index in [2.05, 4.69) is 76.3 Å². The van der Waals surface area contributed by atoms with Crippen LogP contribution in [0.3, 0.4) is 0 Å². The van der Waals surface area contributed by atoms with Crippen molar-refractivity contribution in [2.45, 2.75) is 47.0 Å². The molecule has 0 unspecified atom stereocenters. The Morgan fingerprint density at radius 3 is 2.50 bits per heavy atom. The van der Waals surface area contributed by atoms with E-state index in [1.165, 1.54) is 36.0 Å². The summed E-state index contributed by atoms with van der Waals surface area (Å²) in [6, 6.07) is 10.5. The van der Waals surface area contributed by atoms with E-state index in [4.69, 9.17) is 0 Å². The van der Waals surface area contributed by atoms with Gasteiger partial charge in [-0.2, -0.15) is 0 Å². The van der Waals surface area contributed by atoms with Gasteiger partial charge in [0.15, 0.2) is 0 Å². The van der Waals surface area contributed by atoms with Crippen LogP contribution in [0.25, 0.3) is 6.08 Å². The summed E-state index contributed by atoms with van der Waals surface area (Å²) in [7, 11) is 0. The monoisotopic (exact) mass is 266 g/mol. The second-order valence-electron chi connectivity index (χ2n) is 6.56. The molecular weight excluding hydrogens is 240 g/mol. The Morgan fingerprint density at radius 2 is 1.85 bits per heavy atom. The highest BCUT2D eigenvalue weighted by atomic mass is 14.3. The predicted molar refractivity (Wildman–Crippen MR) is 89.6 cm³/mol. The maximum atomic E-state index is 2.37. The van der Waals surface area contributed by atoms with E-state index in [1.54, 1.807) is 5.57 Å². The summed E-state index contributed by atoms with van der Waals surface area (Å²) in [4.78, 5) is 0. The molecule has 0 heteroatoms. The molecule has 0 bridgehead atoms. The fourth-order valence-electron chi connectivity index (χ4n) is 3.09. The van der Waals surface area contributed by atoms with Gasteiger partial charge in [0.25, 0.3) is 0 Å². The number of rotatable bonds is 3. The lowest BCUT2D eigenvalue weighted by atomic mass is 9.72. The predicted octanol–water partition coefficient (Wildman–Crippen LogP) is 6.17. The molecule has 1 aliphatic rings. The molecular formula is C20H26. The molecule has 0 spiro atoms. The van der Waals surface area contributed by atoms with Gasteiger partial charge in [-0.3, -0.25) is 0 Å². The van der Waals surface area contributed by atoms with E-state index in [9.17, 15) is 0 Å². The van der Waals surface area contributed by atoms with Gasteiger partial charge in [-0.25, -0.2) is 0 Å². The van der Waals surface area contributed by atoms with Crippen LogP contribution in [0, 0.1) is 5.41 Å². The molecule has 0 atom stereocenters. The van der Waals surface area contributed by atoms with Crippen molar-refractivity contribution in [1.82, 2.24) is 0 Å². The van der Waals surface area contributed by atoms with Crippen LogP contribution in [0.5, 0.6) is 0 Å². The molecule has 0 aromatic heterocycles. The summed E-state index contributed by atoms with van der Waals surface area (Å²) in [5.41, 5.74) is 5.99. The summed E-state index contributed by atoms with van der Waals surface area (Å²) >= 11 is 0. The smallest absolute Gasteiger partial charge is 0.0104 e. The molecule has 0 nitrogen and oxygen atoms in total. The Bertz CT molecular complexity index is 539. The largest absolute Gasteiger partial charge is 0.0696 e. The van der Waals surface area contributed by atoms with Crippen molar-refractivity contribution in [3.63, 3.8) is 0 Å². The van der Waals surface area contributed by atoms with Crippen LogP contribution in [0.4, 0.5) is 0 Å². The van der Waals surface area contributed by atoms with Crippen LogP contribution < -0.4 is 0 Å². The Hall–Kier alpha value is -1.56. The van der Waals surface area contributed by atoms with E-state index in [0.29, 0.717) is 5.41 Å². The minimum absolute atomic E-state index is 0.325. The van der Waals surface area contributed by atoms with Gasteiger partial charge >= 0.3 is 0 Å². The zero-order chi connectivity index (χ0) is 14.6. The summed E-state index contributed by atoms with van der Waals surface area (Å²) in [5.74, 6) is 0. The average molecular weight is 266 g/mol. The first kappa shape index (κ1) is 14.8. The second-order valence-corrected chi connectivity index (χ2v) is 6.56. The number of allylic oxidation sites excluding steroid dienone is 5. The molecule has 1 aromatic rings. The van der Waals surface area contributed by atoms with Crippen LogP contribution in [-0.2, 0) is 0 Å². The molecule has 0 radical (unpaired) electrons. The third kappa shape index (κ3) is 3.72. The SMILES string of the molecule is CC(C=CC1=C(C)CCCC1(C)C)=Cc1ccccc1. The van der Waals surface area contributed by atoms with Crippen molar-refractivity contribution in [3.05, 3.63) is 64.8 Å². The fraction of sp³-hybridized carbons (Fsp3) is 0.400. The Labute approximate surface area is 123 Å².